The number of halogens is 1. The molecule has 0 saturated carbocycles. The van der Waals surface area contributed by atoms with Gasteiger partial charge in [0.05, 0.1) is 28.6 Å². The minimum Gasteiger partial charge on any atom is -0.348 e. The monoisotopic (exact) mass is 353 g/mol. The summed E-state index contributed by atoms with van der Waals surface area (Å²) in [6.45, 7) is 8.99. The van der Waals surface area contributed by atoms with E-state index in [0.29, 0.717) is 0 Å². The smallest absolute Gasteiger partial charge is 0.242 e. The van der Waals surface area contributed by atoms with Gasteiger partial charge in [-0.1, -0.05) is 0 Å². The van der Waals surface area contributed by atoms with E-state index in [9.17, 15) is 4.79 Å². The SMILES string of the molecule is CCn1ncc(C(C)NC(=O)Cn2ncc(Br)c2C)c1C. The molecule has 2 rings (SSSR count). The van der Waals surface area contributed by atoms with Crippen molar-refractivity contribution in [2.24, 2.45) is 0 Å². The molecule has 0 aliphatic carbocycles. The fraction of sp³-hybridized carbons (Fsp3) is 0.500. The van der Waals surface area contributed by atoms with E-state index in [1.54, 1.807) is 10.9 Å². The lowest BCUT2D eigenvalue weighted by molar-refractivity contribution is -0.122. The van der Waals surface area contributed by atoms with Gasteiger partial charge in [0.15, 0.2) is 0 Å². The summed E-state index contributed by atoms with van der Waals surface area (Å²) in [5.74, 6) is -0.0650. The summed E-state index contributed by atoms with van der Waals surface area (Å²) in [6, 6.07) is -0.0721. The van der Waals surface area contributed by atoms with Gasteiger partial charge in [-0.2, -0.15) is 10.2 Å². The molecule has 0 aliphatic rings. The van der Waals surface area contributed by atoms with Crippen molar-refractivity contribution < 1.29 is 4.79 Å². The lowest BCUT2D eigenvalue weighted by Gasteiger charge is -2.14. The Hall–Kier alpha value is -1.63. The molecule has 0 radical (unpaired) electrons. The van der Waals surface area contributed by atoms with Crippen molar-refractivity contribution in [3.8, 4) is 0 Å². The van der Waals surface area contributed by atoms with Crippen LogP contribution in [0.5, 0.6) is 0 Å². The summed E-state index contributed by atoms with van der Waals surface area (Å²) in [7, 11) is 0. The number of carbonyl (C=O) groups excluding carboxylic acids is 1. The van der Waals surface area contributed by atoms with Gasteiger partial charge < -0.3 is 5.32 Å². The van der Waals surface area contributed by atoms with E-state index < -0.39 is 0 Å². The van der Waals surface area contributed by atoms with Gasteiger partial charge in [-0.25, -0.2) is 0 Å². The molecule has 1 N–H and O–H groups in total. The highest BCUT2D eigenvalue weighted by Gasteiger charge is 2.16. The lowest BCUT2D eigenvalue weighted by atomic mass is 10.1. The van der Waals surface area contributed by atoms with Gasteiger partial charge >= 0.3 is 0 Å². The van der Waals surface area contributed by atoms with Crippen LogP contribution >= 0.6 is 15.9 Å². The first-order chi connectivity index (χ1) is 9.93. The Morgan fingerprint density at radius 3 is 2.48 bits per heavy atom. The predicted octanol–water partition coefficient (Wildman–Crippen LogP) is 2.36. The Morgan fingerprint density at radius 1 is 1.29 bits per heavy atom. The molecule has 0 aromatic carbocycles. The molecule has 0 saturated heterocycles. The second kappa shape index (κ2) is 6.43. The van der Waals surface area contributed by atoms with Crippen LogP contribution in [0.3, 0.4) is 0 Å². The third-order valence-electron chi connectivity index (χ3n) is 3.62. The van der Waals surface area contributed by atoms with E-state index in [4.69, 9.17) is 0 Å². The molecule has 2 aromatic heterocycles. The van der Waals surface area contributed by atoms with Crippen LogP contribution in [-0.2, 0) is 17.9 Å². The predicted molar refractivity (Wildman–Crippen MR) is 83.9 cm³/mol. The number of hydrogen-bond donors (Lipinski definition) is 1. The topological polar surface area (TPSA) is 64.7 Å². The van der Waals surface area contributed by atoms with Gasteiger partial charge in [-0.05, 0) is 43.6 Å². The van der Waals surface area contributed by atoms with Crippen LogP contribution in [0.25, 0.3) is 0 Å². The molecule has 2 aromatic rings. The summed E-state index contributed by atoms with van der Waals surface area (Å²) in [5.41, 5.74) is 3.07. The van der Waals surface area contributed by atoms with Gasteiger partial charge in [0.1, 0.15) is 6.54 Å². The molecule has 2 heterocycles. The number of rotatable bonds is 5. The van der Waals surface area contributed by atoms with Gasteiger partial charge in [0.25, 0.3) is 0 Å². The number of hydrogen-bond acceptors (Lipinski definition) is 3. The van der Waals surface area contributed by atoms with Crippen LogP contribution in [0.15, 0.2) is 16.9 Å². The molecule has 114 valence electrons. The minimum atomic E-state index is -0.0721. The Balaban J connectivity index is 2.02. The first kappa shape index (κ1) is 15.8. The van der Waals surface area contributed by atoms with E-state index >= 15 is 0 Å². The van der Waals surface area contributed by atoms with E-state index in [2.05, 4.69) is 31.4 Å². The molecule has 6 nitrogen and oxygen atoms in total. The molecular formula is C14H20BrN5O. The van der Waals surface area contributed by atoms with Crippen LogP contribution < -0.4 is 5.32 Å². The number of carbonyl (C=O) groups is 1. The standard InChI is InChI=1S/C14H20BrN5O/c1-5-19-10(3)12(6-16-19)9(2)18-14(21)8-20-11(4)13(15)7-17-20/h6-7,9H,5,8H2,1-4H3,(H,18,21). The van der Waals surface area contributed by atoms with E-state index in [1.165, 1.54) is 0 Å². The summed E-state index contributed by atoms with van der Waals surface area (Å²) >= 11 is 3.39. The second-order valence-electron chi connectivity index (χ2n) is 5.03. The Labute approximate surface area is 132 Å². The average Bonchev–Trinajstić information content (AvgIpc) is 2.96. The van der Waals surface area contributed by atoms with Gasteiger partial charge in [-0.15, -0.1) is 0 Å². The molecule has 0 aliphatic heterocycles. The molecule has 0 bridgehead atoms. The van der Waals surface area contributed by atoms with Crippen LogP contribution in [0, 0.1) is 13.8 Å². The summed E-state index contributed by atoms with van der Waals surface area (Å²) in [5, 5.41) is 11.5. The summed E-state index contributed by atoms with van der Waals surface area (Å²) in [4.78, 5) is 12.1. The Morgan fingerprint density at radius 2 is 1.95 bits per heavy atom. The molecule has 7 heteroatoms. The van der Waals surface area contributed by atoms with Gasteiger partial charge in [0, 0.05) is 17.8 Å². The van der Waals surface area contributed by atoms with Crippen LogP contribution in [0.4, 0.5) is 0 Å². The van der Waals surface area contributed by atoms with Crippen molar-refractivity contribution in [2.75, 3.05) is 0 Å². The number of nitrogens with zero attached hydrogens (tertiary/aromatic N) is 4. The maximum Gasteiger partial charge on any atom is 0.242 e. The fourth-order valence-corrected chi connectivity index (χ4v) is 2.59. The number of nitrogens with one attached hydrogen (secondary N) is 1. The highest BCUT2D eigenvalue weighted by molar-refractivity contribution is 9.10. The van der Waals surface area contributed by atoms with E-state index in [-0.39, 0.29) is 18.5 Å². The number of amides is 1. The highest BCUT2D eigenvalue weighted by atomic mass is 79.9. The summed E-state index contributed by atoms with van der Waals surface area (Å²) < 4.78 is 4.50. The first-order valence-electron chi connectivity index (χ1n) is 6.93. The Kier molecular flexibility index (Phi) is 4.82. The van der Waals surface area contributed by atoms with Crippen molar-refractivity contribution in [1.29, 1.82) is 0 Å². The Bertz CT molecular complexity index is 646. The summed E-state index contributed by atoms with van der Waals surface area (Å²) in [6.07, 6.45) is 3.51. The first-order valence-corrected chi connectivity index (χ1v) is 7.72. The van der Waals surface area contributed by atoms with Gasteiger partial charge in [-0.3, -0.25) is 14.2 Å². The zero-order valence-electron chi connectivity index (χ0n) is 12.7. The van der Waals surface area contributed by atoms with Crippen LogP contribution in [0.1, 0.15) is 36.8 Å². The largest absolute Gasteiger partial charge is 0.348 e. The van der Waals surface area contributed by atoms with Gasteiger partial charge in [0.2, 0.25) is 5.91 Å². The van der Waals surface area contributed by atoms with Crippen LogP contribution in [0.2, 0.25) is 0 Å². The van der Waals surface area contributed by atoms with Crippen molar-refractivity contribution in [3.05, 3.63) is 33.8 Å². The quantitative estimate of drug-likeness (QED) is 0.897. The third-order valence-corrected chi connectivity index (χ3v) is 4.40. The van der Waals surface area contributed by atoms with Crippen molar-refractivity contribution in [2.45, 2.75) is 46.8 Å². The van der Waals surface area contributed by atoms with Crippen LogP contribution in [-0.4, -0.2) is 25.5 Å². The normalized spacial score (nSPS) is 12.4. The fourth-order valence-electron chi connectivity index (χ4n) is 2.29. The maximum atomic E-state index is 12.1. The molecule has 0 spiro atoms. The molecule has 21 heavy (non-hydrogen) atoms. The minimum absolute atomic E-state index is 0.0650. The average molecular weight is 354 g/mol. The molecule has 1 atom stereocenters. The maximum absolute atomic E-state index is 12.1. The molecule has 1 amide bonds. The zero-order valence-corrected chi connectivity index (χ0v) is 14.3. The van der Waals surface area contributed by atoms with E-state index in [1.807, 2.05) is 38.6 Å². The molecular weight excluding hydrogens is 334 g/mol. The second-order valence-corrected chi connectivity index (χ2v) is 5.88. The number of aromatic nitrogens is 4. The molecule has 1 unspecified atom stereocenters. The zero-order chi connectivity index (χ0) is 15.6. The van der Waals surface area contributed by atoms with Crippen molar-refractivity contribution >= 4 is 21.8 Å². The van der Waals surface area contributed by atoms with E-state index in [0.717, 1.165) is 28.0 Å². The van der Waals surface area contributed by atoms with Crippen molar-refractivity contribution in [3.63, 3.8) is 0 Å². The lowest BCUT2D eigenvalue weighted by Crippen LogP contribution is -2.31. The highest BCUT2D eigenvalue weighted by Crippen LogP contribution is 2.17. The third kappa shape index (κ3) is 3.34. The molecule has 0 fully saturated rings. The van der Waals surface area contributed by atoms with Crippen molar-refractivity contribution in [1.82, 2.24) is 24.9 Å². The number of aryl methyl sites for hydroxylation is 1.